The molecule has 0 amide bonds. The Morgan fingerprint density at radius 1 is 0.556 bits per heavy atom. The van der Waals surface area contributed by atoms with E-state index in [0.29, 0.717) is 0 Å². The molecule has 109 valence electrons. The molecule has 0 aliphatic heterocycles. The van der Waals surface area contributed by atoms with Gasteiger partial charge < -0.3 is 45.8 Å². The van der Waals surface area contributed by atoms with Crippen LogP contribution >= 0.6 is 0 Å². The molecule has 0 spiro atoms. The summed E-state index contributed by atoms with van der Waals surface area (Å²) in [6.45, 7) is 3.89. The third kappa shape index (κ3) is 952. The third-order valence-corrected chi connectivity index (χ3v) is 0. The summed E-state index contributed by atoms with van der Waals surface area (Å²) < 4.78 is 0. The first-order chi connectivity index (χ1) is 6.93. The van der Waals surface area contributed by atoms with Gasteiger partial charge in [0.05, 0.1) is 0 Å². The monoisotopic (exact) mass is 310 g/mol. The summed E-state index contributed by atoms with van der Waals surface area (Å²) in [6.07, 6.45) is 0. The van der Waals surface area contributed by atoms with Crippen molar-refractivity contribution in [1.29, 1.82) is 0 Å². The summed E-state index contributed by atoms with van der Waals surface area (Å²) in [6, 6.07) is 0. The van der Waals surface area contributed by atoms with E-state index in [1.807, 2.05) is 0 Å². The summed E-state index contributed by atoms with van der Waals surface area (Å²) >= 11 is 0. The van der Waals surface area contributed by atoms with Crippen molar-refractivity contribution in [3.8, 4) is 0 Å². The van der Waals surface area contributed by atoms with Crippen molar-refractivity contribution in [3.63, 3.8) is 0 Å². The molecule has 0 rings (SSSR count). The van der Waals surface area contributed by atoms with Gasteiger partial charge in [0.2, 0.25) is 0 Å². The smallest absolute Gasteiger partial charge is 0.550 e. The average Bonchev–Trinajstić information content (AvgIpc) is 1.76. The number of quaternary nitrogens is 1. The zero-order chi connectivity index (χ0) is 14.3. The minimum atomic E-state index is -1.08. The number of carbonyl (C=O) groups is 4. The summed E-state index contributed by atoms with van der Waals surface area (Å²) in [4.78, 5) is 35.6. The number of aliphatic carboxylic acids is 4. The molecule has 0 fully saturated rings. The first-order valence-electron chi connectivity index (χ1n) is 3.63. The number of carbonyl (C=O) groups excluding carboxylic acids is 4. The second kappa shape index (κ2) is 29.5. The van der Waals surface area contributed by atoms with E-state index in [1.54, 1.807) is 0 Å². The third-order valence-electron chi connectivity index (χ3n) is 0. The predicted octanol–water partition coefficient (Wildman–Crippen LogP) is -4.60. The van der Waals surface area contributed by atoms with Crippen LogP contribution in [0.15, 0.2) is 0 Å². The van der Waals surface area contributed by atoms with Crippen molar-refractivity contribution in [2.45, 2.75) is 27.7 Å². The van der Waals surface area contributed by atoms with E-state index in [4.69, 9.17) is 39.6 Å². The van der Waals surface area contributed by atoms with Crippen LogP contribution < -0.4 is 26.6 Å². The van der Waals surface area contributed by atoms with Gasteiger partial charge in [-0.15, -0.1) is 0 Å². The topological polar surface area (TPSA) is 197 Å². The Hall–Kier alpha value is -1.64. The molecule has 0 atom stereocenters. The van der Waals surface area contributed by atoms with Crippen LogP contribution in [-0.2, 0) is 36.2 Å². The largest absolute Gasteiger partial charge is 3.00 e. The van der Waals surface area contributed by atoms with E-state index in [1.165, 1.54) is 0 Å². The SMILES string of the molecule is CC(=O)[O-].CC(=O)[O-].CC(=O)[O-].CC(=O)[O-].[Fe+3].[NH4+]. The molecule has 0 unspecified atom stereocenters. The van der Waals surface area contributed by atoms with E-state index in [0.717, 1.165) is 27.7 Å². The molecule has 4 N–H and O–H groups in total. The van der Waals surface area contributed by atoms with E-state index in [9.17, 15) is 0 Å². The molecule has 0 saturated carbocycles. The van der Waals surface area contributed by atoms with Crippen molar-refractivity contribution in [3.05, 3.63) is 0 Å². The second-order valence-corrected chi connectivity index (χ2v) is 1.97. The molecule has 9 nitrogen and oxygen atoms in total. The summed E-state index contributed by atoms with van der Waals surface area (Å²) in [7, 11) is 0. The van der Waals surface area contributed by atoms with Crippen molar-refractivity contribution in [2.24, 2.45) is 0 Å². The maximum Gasteiger partial charge on any atom is 3.00 e. The van der Waals surface area contributed by atoms with Gasteiger partial charge in [0.25, 0.3) is 0 Å². The molecule has 1 radical (unpaired) electrons. The van der Waals surface area contributed by atoms with Crippen LogP contribution in [0.3, 0.4) is 0 Å². The van der Waals surface area contributed by atoms with Crippen LogP contribution in [0.4, 0.5) is 0 Å². The molecular weight excluding hydrogens is 294 g/mol. The van der Waals surface area contributed by atoms with Crippen LogP contribution in [-0.4, -0.2) is 23.9 Å². The van der Waals surface area contributed by atoms with Gasteiger partial charge in [0.15, 0.2) is 0 Å². The molecule has 10 heteroatoms. The molecule has 0 aliphatic carbocycles. The van der Waals surface area contributed by atoms with Crippen LogP contribution in [0, 0.1) is 0 Å². The van der Waals surface area contributed by atoms with Crippen molar-refractivity contribution in [2.75, 3.05) is 0 Å². The molecule has 0 aromatic heterocycles. The maximum absolute atomic E-state index is 8.89. The predicted molar refractivity (Wildman–Crippen MR) is 48.7 cm³/mol. The van der Waals surface area contributed by atoms with E-state index in [-0.39, 0.29) is 23.2 Å². The molecule has 0 heterocycles. The van der Waals surface area contributed by atoms with Gasteiger partial charge in [-0.3, -0.25) is 0 Å². The minimum Gasteiger partial charge on any atom is -0.550 e. The van der Waals surface area contributed by atoms with E-state index < -0.39 is 23.9 Å². The number of carboxylic acids is 4. The Kier molecular flexibility index (Phi) is 59.0. The fourth-order valence-corrected chi connectivity index (χ4v) is 0. The Morgan fingerprint density at radius 2 is 0.556 bits per heavy atom. The van der Waals surface area contributed by atoms with Crippen LogP contribution in [0.25, 0.3) is 0 Å². The zero-order valence-corrected chi connectivity index (χ0v) is 11.7. The van der Waals surface area contributed by atoms with Gasteiger partial charge in [-0.25, -0.2) is 0 Å². The number of hydrogen-bond donors (Lipinski definition) is 1. The zero-order valence-electron chi connectivity index (χ0n) is 10.6. The minimum absolute atomic E-state index is 0. The maximum atomic E-state index is 8.89. The number of hydrogen-bond acceptors (Lipinski definition) is 8. The molecule has 0 aromatic rings. The molecular formula is C8H16FeNO8. The second-order valence-electron chi connectivity index (χ2n) is 1.97. The Morgan fingerprint density at radius 3 is 0.556 bits per heavy atom. The van der Waals surface area contributed by atoms with Crippen molar-refractivity contribution < 1.29 is 56.7 Å². The van der Waals surface area contributed by atoms with Crippen molar-refractivity contribution in [1.82, 2.24) is 6.15 Å². The fraction of sp³-hybridized carbons (Fsp3) is 0.500. The Bertz CT molecular complexity index is 167. The summed E-state index contributed by atoms with van der Waals surface area (Å²) in [5, 5.41) is 35.6. The number of carboxylic acid groups (broad SMARTS) is 4. The van der Waals surface area contributed by atoms with Gasteiger partial charge in [-0.05, 0) is 27.7 Å². The Labute approximate surface area is 115 Å². The Balaban J connectivity index is -0.0000000257. The van der Waals surface area contributed by atoms with E-state index in [2.05, 4.69) is 0 Å². The molecule has 0 saturated heterocycles. The molecule has 0 aromatic carbocycles. The van der Waals surface area contributed by atoms with Crippen LogP contribution in [0.1, 0.15) is 27.7 Å². The van der Waals surface area contributed by atoms with Crippen molar-refractivity contribution >= 4 is 23.9 Å². The normalized spacial score (nSPS) is 5.56. The fourth-order valence-electron chi connectivity index (χ4n) is 0. The van der Waals surface area contributed by atoms with Crippen LogP contribution in [0.5, 0.6) is 0 Å². The first-order valence-corrected chi connectivity index (χ1v) is 3.63. The average molecular weight is 310 g/mol. The summed E-state index contributed by atoms with van der Waals surface area (Å²) in [5.41, 5.74) is 0. The molecule has 18 heavy (non-hydrogen) atoms. The molecule has 0 aliphatic rings. The van der Waals surface area contributed by atoms with Gasteiger partial charge in [0.1, 0.15) is 0 Å². The van der Waals surface area contributed by atoms with E-state index >= 15 is 0 Å². The van der Waals surface area contributed by atoms with Gasteiger partial charge in [-0.1, -0.05) is 0 Å². The first kappa shape index (κ1) is 36.0. The number of rotatable bonds is 0. The standard InChI is InChI=1S/4C2H4O2.Fe.H3N/c4*1-2(3)4;;/h4*1H3,(H,3,4);;1H3/q;;;;+3;/p-3. The quantitative estimate of drug-likeness (QED) is 0.431. The van der Waals surface area contributed by atoms with Gasteiger partial charge in [0, 0.05) is 23.9 Å². The van der Waals surface area contributed by atoms with Crippen LogP contribution in [0.2, 0.25) is 0 Å². The van der Waals surface area contributed by atoms with Gasteiger partial charge in [-0.2, -0.15) is 0 Å². The summed E-state index contributed by atoms with van der Waals surface area (Å²) in [5.74, 6) is -4.33. The van der Waals surface area contributed by atoms with Gasteiger partial charge >= 0.3 is 17.1 Å². The molecule has 0 bridgehead atoms.